The molecule has 0 radical (unpaired) electrons. The lowest BCUT2D eigenvalue weighted by atomic mass is 10.3. The number of nitrogens with zero attached hydrogens (tertiary/aromatic N) is 2. The van der Waals surface area contributed by atoms with Gasteiger partial charge < -0.3 is 30.3 Å². The molecule has 0 saturated carbocycles. The molecule has 0 fully saturated rings. The summed E-state index contributed by atoms with van der Waals surface area (Å²) in [6.07, 6.45) is 0. The predicted molar refractivity (Wildman–Crippen MR) is 124 cm³/mol. The molecular weight excluding hydrogens is 496 g/mol. The molecule has 0 aromatic heterocycles. The average molecular weight is 527 g/mol. The normalized spacial score (nSPS) is 12.5. The highest BCUT2D eigenvalue weighted by Gasteiger charge is 2.24. The average Bonchev–Trinajstić information content (AvgIpc) is 2.77. The van der Waals surface area contributed by atoms with Crippen LogP contribution in [0, 0.1) is 0 Å². The van der Waals surface area contributed by atoms with Gasteiger partial charge in [-0.2, -0.15) is 25.3 Å². The number of rotatable bonds is 17. The first-order valence-electron chi connectivity index (χ1n) is 9.81. The smallest absolute Gasteiger partial charge is 0.329 e. The summed E-state index contributed by atoms with van der Waals surface area (Å²) in [7, 11) is 2.27. The van der Waals surface area contributed by atoms with Gasteiger partial charge in [-0.3, -0.25) is 29.0 Å². The second-order valence-electron chi connectivity index (χ2n) is 6.86. The number of nitrogens with one attached hydrogen (secondary N) is 2. The van der Waals surface area contributed by atoms with Gasteiger partial charge in [-0.1, -0.05) is 0 Å². The van der Waals surface area contributed by atoms with E-state index in [1.54, 1.807) is 0 Å². The van der Waals surface area contributed by atoms with Crippen LogP contribution in [0.25, 0.3) is 0 Å². The Morgan fingerprint density at radius 2 is 1.03 bits per heavy atom. The lowest BCUT2D eigenvalue weighted by Crippen LogP contribution is -2.50. The minimum Gasteiger partial charge on any atom is -0.480 e. The Morgan fingerprint density at radius 1 is 0.706 bits per heavy atom. The van der Waals surface area contributed by atoms with Crippen molar-refractivity contribution in [3.63, 3.8) is 0 Å². The number of carbonyl (C=O) groups is 6. The molecule has 0 aliphatic carbocycles. The summed E-state index contributed by atoms with van der Waals surface area (Å²) < 4.78 is 9.08. The monoisotopic (exact) mass is 526 g/mol. The summed E-state index contributed by atoms with van der Waals surface area (Å²) >= 11 is 7.91. The van der Waals surface area contributed by atoms with Crippen molar-refractivity contribution in [1.82, 2.24) is 20.4 Å². The molecule has 0 bridgehead atoms. The molecule has 0 saturated heterocycles. The Kier molecular flexibility index (Phi) is 15.7. The van der Waals surface area contributed by atoms with Gasteiger partial charge in [0.15, 0.2) is 0 Å². The number of ether oxygens (including phenoxy) is 2. The van der Waals surface area contributed by atoms with Crippen LogP contribution in [-0.2, 0) is 38.2 Å². The lowest BCUT2D eigenvalue weighted by molar-refractivity contribution is -0.145. The third-order valence-corrected chi connectivity index (χ3v) is 4.92. The van der Waals surface area contributed by atoms with E-state index < -0.39 is 74.0 Å². The third kappa shape index (κ3) is 13.2. The van der Waals surface area contributed by atoms with Crippen molar-refractivity contribution in [2.45, 2.75) is 12.1 Å². The number of esters is 2. The number of thiol groups is 2. The molecule has 0 aromatic rings. The highest BCUT2D eigenvalue weighted by atomic mass is 32.1. The fraction of sp³-hybridized carbons (Fsp3) is 0.667. The van der Waals surface area contributed by atoms with Gasteiger partial charge in [0.05, 0.1) is 40.4 Å². The minimum absolute atomic E-state index is 0.0440. The van der Waals surface area contributed by atoms with Gasteiger partial charge in [-0.25, -0.2) is 9.59 Å². The molecule has 2 atom stereocenters. The maximum atomic E-state index is 12.3. The summed E-state index contributed by atoms with van der Waals surface area (Å²) in [6, 6.07) is -2.07. The molecule has 14 nitrogen and oxygen atoms in total. The summed E-state index contributed by atoms with van der Waals surface area (Å²) in [5.41, 5.74) is 0. The molecule has 0 aliphatic heterocycles. The topological polar surface area (TPSA) is 192 Å². The summed E-state index contributed by atoms with van der Waals surface area (Å²) in [5.74, 6) is -5.38. The predicted octanol–water partition coefficient (Wildman–Crippen LogP) is -3.07. The van der Waals surface area contributed by atoms with E-state index in [-0.39, 0.29) is 24.6 Å². The standard InChI is InChI=1S/C18H30N4O10S2/c1-31-17(29)11(9-33)19-13(23)5-21(7-15(25)26)3-4-22(8-16(27)28)6-14(24)20-12(10-34)18(30)32-2/h11-12,33-34H,3-10H2,1-2H3,(H,19,23)(H,20,24)(H,25,26)(H,27,28). The lowest BCUT2D eigenvalue weighted by Gasteiger charge is -2.26. The van der Waals surface area contributed by atoms with Crippen LogP contribution in [0.15, 0.2) is 0 Å². The van der Waals surface area contributed by atoms with Gasteiger partial charge >= 0.3 is 23.9 Å². The molecule has 0 spiro atoms. The van der Waals surface area contributed by atoms with E-state index in [1.807, 2.05) is 0 Å². The molecule has 4 N–H and O–H groups in total. The number of aliphatic carboxylic acids is 2. The van der Waals surface area contributed by atoms with Crippen LogP contribution in [0.4, 0.5) is 0 Å². The molecule has 0 aliphatic rings. The van der Waals surface area contributed by atoms with E-state index >= 15 is 0 Å². The number of carboxylic acids is 2. The van der Waals surface area contributed by atoms with E-state index in [9.17, 15) is 28.8 Å². The number of hydrogen-bond donors (Lipinski definition) is 6. The van der Waals surface area contributed by atoms with Crippen LogP contribution in [0.1, 0.15) is 0 Å². The van der Waals surface area contributed by atoms with Gasteiger partial charge in [-0.05, 0) is 0 Å². The number of hydrogen-bond acceptors (Lipinski definition) is 12. The molecule has 0 heterocycles. The van der Waals surface area contributed by atoms with E-state index in [0.717, 1.165) is 14.2 Å². The highest BCUT2D eigenvalue weighted by molar-refractivity contribution is 7.80. The van der Waals surface area contributed by atoms with Gasteiger partial charge in [-0.15, -0.1) is 0 Å². The Morgan fingerprint density at radius 3 is 1.26 bits per heavy atom. The first-order valence-corrected chi connectivity index (χ1v) is 11.1. The van der Waals surface area contributed by atoms with Crippen LogP contribution < -0.4 is 10.6 Å². The quantitative estimate of drug-likeness (QED) is 0.0829. The van der Waals surface area contributed by atoms with Crippen molar-refractivity contribution in [3.8, 4) is 0 Å². The summed E-state index contributed by atoms with van der Waals surface area (Å²) in [5, 5.41) is 23.0. The van der Waals surface area contributed by atoms with Gasteiger partial charge in [0.2, 0.25) is 11.8 Å². The molecule has 194 valence electrons. The summed E-state index contributed by atoms with van der Waals surface area (Å²) in [6.45, 7) is -2.17. The second-order valence-corrected chi connectivity index (χ2v) is 7.59. The first kappa shape index (κ1) is 31.4. The molecular formula is C18H30N4O10S2. The highest BCUT2D eigenvalue weighted by Crippen LogP contribution is 1.98. The fourth-order valence-corrected chi connectivity index (χ4v) is 3.10. The van der Waals surface area contributed by atoms with Crippen LogP contribution in [0.5, 0.6) is 0 Å². The SMILES string of the molecule is COC(=O)C(CS)NC(=O)CN(CCN(CC(=O)O)CC(=O)NC(CS)C(=O)OC)CC(=O)O. The number of carbonyl (C=O) groups excluding carboxylic acids is 4. The number of amides is 2. The third-order valence-electron chi connectivity index (χ3n) is 4.19. The van der Waals surface area contributed by atoms with E-state index in [2.05, 4.69) is 45.4 Å². The maximum Gasteiger partial charge on any atom is 0.329 e. The Hall–Kier alpha value is -2.56. The zero-order valence-corrected chi connectivity index (χ0v) is 20.5. The van der Waals surface area contributed by atoms with E-state index in [0.29, 0.717) is 0 Å². The molecule has 16 heteroatoms. The van der Waals surface area contributed by atoms with Crippen molar-refractivity contribution < 1.29 is 48.5 Å². The molecule has 2 unspecified atom stereocenters. The van der Waals surface area contributed by atoms with Crippen molar-refractivity contribution in [2.75, 3.05) is 65.0 Å². The first-order chi connectivity index (χ1) is 16.0. The van der Waals surface area contributed by atoms with Gasteiger partial charge in [0, 0.05) is 24.6 Å². The summed E-state index contributed by atoms with van der Waals surface area (Å²) in [4.78, 5) is 72.5. The van der Waals surface area contributed by atoms with Crippen molar-refractivity contribution >= 4 is 60.9 Å². The molecule has 34 heavy (non-hydrogen) atoms. The molecule has 0 rings (SSSR count). The van der Waals surface area contributed by atoms with Crippen LogP contribution in [0.2, 0.25) is 0 Å². The van der Waals surface area contributed by atoms with Crippen molar-refractivity contribution in [1.29, 1.82) is 0 Å². The Balaban J connectivity index is 5.16. The zero-order chi connectivity index (χ0) is 26.3. The van der Waals surface area contributed by atoms with Crippen LogP contribution in [-0.4, -0.2) is 133 Å². The Labute approximate surface area is 207 Å². The molecule has 2 amide bonds. The largest absolute Gasteiger partial charge is 0.480 e. The van der Waals surface area contributed by atoms with Crippen molar-refractivity contribution in [3.05, 3.63) is 0 Å². The fourth-order valence-electron chi connectivity index (χ4n) is 2.62. The van der Waals surface area contributed by atoms with Gasteiger partial charge in [0.1, 0.15) is 12.1 Å². The second kappa shape index (κ2) is 17.0. The maximum absolute atomic E-state index is 12.3. The number of methoxy groups -OCH3 is 2. The number of carboxylic acid groups (broad SMARTS) is 2. The van der Waals surface area contributed by atoms with E-state index in [4.69, 9.17) is 10.2 Å². The zero-order valence-electron chi connectivity index (χ0n) is 18.8. The van der Waals surface area contributed by atoms with Crippen LogP contribution >= 0.6 is 25.3 Å². The van der Waals surface area contributed by atoms with Crippen LogP contribution in [0.3, 0.4) is 0 Å². The molecule has 0 aromatic carbocycles. The van der Waals surface area contributed by atoms with Crippen molar-refractivity contribution in [2.24, 2.45) is 0 Å². The Bertz CT molecular complexity index is 680. The van der Waals surface area contributed by atoms with E-state index in [1.165, 1.54) is 9.80 Å². The van der Waals surface area contributed by atoms with Gasteiger partial charge in [0.25, 0.3) is 0 Å². The minimum atomic E-state index is -1.25.